The number of carbonyl (C=O) groups excluding carboxylic acids is 3. The van der Waals surface area contributed by atoms with Gasteiger partial charge >= 0.3 is 0 Å². The molecule has 22 heteroatoms. The van der Waals surface area contributed by atoms with Crippen molar-refractivity contribution in [2.45, 2.75) is 57.8 Å². The summed E-state index contributed by atoms with van der Waals surface area (Å²) in [5.41, 5.74) is 0.499. The third-order valence-electron chi connectivity index (χ3n) is 12.5. The molecule has 79 heavy (non-hydrogen) atoms. The van der Waals surface area contributed by atoms with E-state index in [1.54, 1.807) is 72.8 Å². The second-order valence-electron chi connectivity index (χ2n) is 17.9. The molecule has 0 amide bonds. The van der Waals surface area contributed by atoms with Gasteiger partial charge in [0.25, 0.3) is 34.9 Å². The number of carbonyl (C=O) groups is 3. The van der Waals surface area contributed by atoms with Gasteiger partial charge in [-0.25, -0.2) is 0 Å². The molecule has 3 atom stereocenters. The van der Waals surface area contributed by atoms with Crippen LogP contribution in [0.1, 0.15) is 91.2 Å². The summed E-state index contributed by atoms with van der Waals surface area (Å²) in [6.45, 7) is 4.12. The van der Waals surface area contributed by atoms with Crippen LogP contribution in [0.3, 0.4) is 0 Å². The topological polar surface area (TPSA) is 332 Å². The Bertz CT molecular complexity index is 3570. The second-order valence-corrected chi connectivity index (χ2v) is 17.9. The maximum Gasteiger partial charge on any atom is 0.290 e. The number of ketones is 3. The predicted molar refractivity (Wildman–Crippen MR) is 283 cm³/mol. The Balaban J connectivity index is 0.000000190. The Kier molecular flexibility index (Phi) is 19.2. The summed E-state index contributed by atoms with van der Waals surface area (Å²) in [5.74, 6) is -4.56. The molecule has 3 N–H and O–H groups in total. The zero-order valence-corrected chi connectivity index (χ0v) is 45.7. The Morgan fingerprint density at radius 3 is 0.823 bits per heavy atom. The van der Waals surface area contributed by atoms with Crippen molar-refractivity contribution in [3.63, 3.8) is 0 Å². The van der Waals surface area contributed by atoms with E-state index >= 15 is 0 Å². The third kappa shape index (κ3) is 13.7. The minimum absolute atomic E-state index is 0. The molecule has 0 saturated heterocycles. The Morgan fingerprint density at radius 2 is 0.620 bits per heavy atom. The number of Topliss-reactive ketones (excluding diaryl/α,β-unsaturated/α-hetero) is 3. The van der Waals surface area contributed by atoms with Gasteiger partial charge in [-0.15, -0.1) is 0 Å². The van der Waals surface area contributed by atoms with Crippen LogP contribution < -0.4 is 16.3 Å². The van der Waals surface area contributed by atoms with E-state index in [1.807, 2.05) is 0 Å². The molecule has 0 spiro atoms. The molecule has 3 unspecified atom stereocenters. The van der Waals surface area contributed by atoms with Crippen LogP contribution in [0.5, 0.6) is 17.8 Å². The zero-order chi connectivity index (χ0) is 56.5. The van der Waals surface area contributed by atoms with Crippen molar-refractivity contribution in [2.75, 3.05) is 0 Å². The van der Waals surface area contributed by atoms with Crippen molar-refractivity contribution < 1.29 is 93.3 Å². The van der Waals surface area contributed by atoms with E-state index in [1.165, 1.54) is 93.6 Å². The zero-order valence-electron chi connectivity index (χ0n) is 42.1. The first-order valence-electron chi connectivity index (χ1n) is 23.6. The van der Waals surface area contributed by atoms with Crippen molar-refractivity contribution in [3.8, 4) is 17.8 Å². The molecular formula is C57H45LaN3O18. The number of hydrogen-bond acceptors (Lipinski definition) is 18. The van der Waals surface area contributed by atoms with Crippen LogP contribution in [0.15, 0.2) is 173 Å². The number of hydrogen-bond donors (Lipinski definition) is 3. The Hall–Kier alpha value is -9.25. The molecule has 9 rings (SSSR count). The van der Waals surface area contributed by atoms with Gasteiger partial charge in [-0.2, -0.15) is 0 Å². The van der Waals surface area contributed by atoms with Crippen LogP contribution >= 0.6 is 0 Å². The summed E-state index contributed by atoms with van der Waals surface area (Å²) in [5, 5.41) is 64.2. The molecule has 0 fully saturated rings. The van der Waals surface area contributed by atoms with Gasteiger partial charge in [0.1, 0.15) is 34.1 Å². The summed E-state index contributed by atoms with van der Waals surface area (Å²) < 4.78 is 16.1. The molecule has 21 nitrogen and oxygen atoms in total. The van der Waals surface area contributed by atoms with E-state index in [4.69, 9.17) is 13.3 Å². The predicted octanol–water partition coefficient (Wildman–Crippen LogP) is 10.6. The Labute approximate surface area is 473 Å². The van der Waals surface area contributed by atoms with Gasteiger partial charge in [-0.05, 0) is 73.9 Å². The second kappa shape index (κ2) is 25.7. The van der Waals surface area contributed by atoms with E-state index < -0.39 is 66.6 Å². The molecule has 9 aromatic rings. The van der Waals surface area contributed by atoms with Crippen LogP contribution in [0.4, 0.5) is 17.1 Å². The van der Waals surface area contributed by atoms with E-state index in [9.17, 15) is 74.4 Å². The summed E-state index contributed by atoms with van der Waals surface area (Å²) in [6.07, 6.45) is -0.141. The van der Waals surface area contributed by atoms with Gasteiger partial charge in [0.15, 0.2) is 0 Å². The Morgan fingerprint density at radius 1 is 0.405 bits per heavy atom. The van der Waals surface area contributed by atoms with Crippen molar-refractivity contribution in [1.29, 1.82) is 0 Å². The summed E-state index contributed by atoms with van der Waals surface area (Å²) in [6, 6.07) is 36.0. The normalized spacial score (nSPS) is 11.9. The molecule has 3 aromatic heterocycles. The molecule has 3 heterocycles. The van der Waals surface area contributed by atoms with Crippen molar-refractivity contribution >= 4 is 67.3 Å². The fourth-order valence-electron chi connectivity index (χ4n) is 8.86. The molecule has 399 valence electrons. The van der Waals surface area contributed by atoms with E-state index in [2.05, 4.69) is 0 Å². The fourth-order valence-corrected chi connectivity index (χ4v) is 8.86. The largest absolute Gasteiger partial charge is 0.480 e. The third-order valence-corrected chi connectivity index (χ3v) is 12.5. The number of nitrogens with zero attached hydrogens (tertiary/aromatic N) is 3. The van der Waals surface area contributed by atoms with Gasteiger partial charge < -0.3 is 28.6 Å². The quantitative estimate of drug-likeness (QED) is 0.0634. The average molecular weight is 1200 g/mol. The number of benzene rings is 6. The molecule has 0 bridgehead atoms. The molecule has 1 radical (unpaired) electrons. The number of nitro groups is 3. The number of non-ortho nitro benzene ring substituents is 3. The van der Waals surface area contributed by atoms with Gasteiger partial charge in [0.2, 0.25) is 16.3 Å². The maximum atomic E-state index is 12.9. The summed E-state index contributed by atoms with van der Waals surface area (Å²) >= 11 is 0. The first-order chi connectivity index (χ1) is 37.1. The van der Waals surface area contributed by atoms with Crippen LogP contribution in [0.2, 0.25) is 0 Å². The van der Waals surface area contributed by atoms with Crippen molar-refractivity contribution in [3.05, 3.63) is 240 Å². The summed E-state index contributed by atoms with van der Waals surface area (Å²) in [4.78, 5) is 105. The first-order valence-corrected chi connectivity index (χ1v) is 23.6. The van der Waals surface area contributed by atoms with Crippen molar-refractivity contribution in [1.82, 2.24) is 0 Å². The number of rotatable bonds is 15. The van der Waals surface area contributed by atoms with Gasteiger partial charge in [0, 0.05) is 109 Å². The number of para-hydroxylation sites is 3. The monoisotopic (exact) mass is 1200 g/mol. The molecular weight excluding hydrogens is 1150 g/mol. The van der Waals surface area contributed by atoms with Gasteiger partial charge in [0.05, 0.1) is 47.6 Å². The minimum atomic E-state index is -0.769. The smallest absolute Gasteiger partial charge is 0.290 e. The van der Waals surface area contributed by atoms with Crippen LogP contribution in [-0.2, 0) is 14.4 Å². The number of fused-ring (bicyclic) bond motifs is 3. The van der Waals surface area contributed by atoms with Crippen molar-refractivity contribution in [2.24, 2.45) is 0 Å². The number of aromatic hydroxyl groups is 3. The van der Waals surface area contributed by atoms with E-state index in [-0.39, 0.29) is 139 Å². The minimum Gasteiger partial charge on any atom is -0.480 e. The van der Waals surface area contributed by atoms with E-state index in [0.29, 0.717) is 16.7 Å². The van der Waals surface area contributed by atoms with Gasteiger partial charge in [-0.3, -0.25) is 59.1 Å². The van der Waals surface area contributed by atoms with E-state index in [0.717, 1.165) is 0 Å². The molecule has 0 aliphatic rings. The SMILES string of the molecule is CC(=O)CC(c1ccc([N+](=O)[O-])cc1)c1c(O)oc2ccccc2c1=O.CC(=O)CC(c1ccc([N+](=O)[O-])cc1)c1c(O)oc2ccccc2c1=O.CC(=O)CC(c1ccc([N+](=O)[O-])cc1)c1c(O)oc2ccccc2c1=O.[La]. The average Bonchev–Trinajstić information content (AvgIpc) is 3.53. The first kappa shape index (κ1) is 59.0. The molecule has 0 saturated carbocycles. The molecule has 0 aliphatic carbocycles. The molecule has 0 aliphatic heterocycles. The summed E-state index contributed by atoms with van der Waals surface area (Å²) in [7, 11) is 0. The molecule has 6 aromatic carbocycles. The maximum absolute atomic E-state index is 12.9. The van der Waals surface area contributed by atoms with Crippen LogP contribution in [0, 0.1) is 65.9 Å². The standard InChI is InChI=1S/3C19H15NO6.La/c3*1-11(21)10-15(12-6-8-13(9-7-12)20(24)25)17-18(22)14-4-2-3-5-16(14)26-19(17)23;/h3*2-9,15,23H,10H2,1H3;. The van der Waals surface area contributed by atoms with Gasteiger partial charge in [-0.1, -0.05) is 72.8 Å². The van der Waals surface area contributed by atoms with Crippen LogP contribution in [-0.4, -0.2) is 47.4 Å². The number of nitro benzene ring substituents is 3. The fraction of sp³-hybridized carbons (Fsp3) is 0.158. The van der Waals surface area contributed by atoms with Crippen LogP contribution in [0.25, 0.3) is 32.9 Å².